The predicted octanol–water partition coefficient (Wildman–Crippen LogP) is 5.83. The Morgan fingerprint density at radius 2 is 1.76 bits per heavy atom. The number of carbonyl (C=O) groups excluding carboxylic acids is 3. The van der Waals surface area contributed by atoms with E-state index in [0.29, 0.717) is 17.7 Å². The lowest BCUT2D eigenvalue weighted by molar-refractivity contribution is -0.121. The van der Waals surface area contributed by atoms with E-state index in [4.69, 9.17) is 35.3 Å². The Kier molecular flexibility index (Phi) is 9.32. The van der Waals surface area contributed by atoms with Crippen LogP contribution in [-0.4, -0.2) is 73.3 Å². The average molecular weight is 705 g/mol. The maximum atomic E-state index is 14.3. The van der Waals surface area contributed by atoms with Crippen molar-refractivity contribution in [2.24, 2.45) is 5.92 Å². The third-order valence-electron chi connectivity index (χ3n) is 9.55. The topological polar surface area (TPSA) is 166 Å². The van der Waals surface area contributed by atoms with Gasteiger partial charge in [0.05, 0.1) is 28.4 Å². The molecular formula is C37H37ClN2O10. The van der Waals surface area contributed by atoms with Crippen molar-refractivity contribution in [1.82, 2.24) is 10.3 Å². The van der Waals surface area contributed by atoms with E-state index in [-0.39, 0.29) is 64.3 Å². The number of benzene rings is 3. The number of halogens is 1. The van der Waals surface area contributed by atoms with E-state index in [1.165, 1.54) is 45.6 Å². The van der Waals surface area contributed by atoms with Gasteiger partial charge in [-0.25, -0.2) is 0 Å². The Hall–Kier alpha value is -5.36. The van der Waals surface area contributed by atoms with Crippen molar-refractivity contribution in [3.63, 3.8) is 0 Å². The molecule has 1 spiro atoms. The standard InChI is InChI=1S/C37H37ClN2O10/c1-18-12-26(42)31(35(44)37(18)36(45)32-28(48-4)16-29(49-5)33(38)34(32)50-37)23(19-6-9-25(41)27(13-19)47-3)15-30(43)39-11-10-20-17-40-24-8-7-21(46-2)14-22(20)24/h6-9,13-14,16-18,23,40-41,44H,10-12,15H2,1-5H3,(H,39,43)/t18-,23?,37+/m1/s1. The highest BCUT2D eigenvalue weighted by molar-refractivity contribution is 6.35. The summed E-state index contributed by atoms with van der Waals surface area (Å²) >= 11 is 6.60. The van der Waals surface area contributed by atoms with Gasteiger partial charge in [0.25, 0.3) is 0 Å². The lowest BCUT2D eigenvalue weighted by Crippen LogP contribution is -2.53. The van der Waals surface area contributed by atoms with Crippen LogP contribution in [0, 0.1) is 5.92 Å². The van der Waals surface area contributed by atoms with Crippen LogP contribution in [0.5, 0.6) is 34.5 Å². The summed E-state index contributed by atoms with van der Waals surface area (Å²) in [5.74, 6) is -3.15. The first-order chi connectivity index (χ1) is 24.0. The van der Waals surface area contributed by atoms with E-state index < -0.39 is 40.7 Å². The highest BCUT2D eigenvalue weighted by atomic mass is 35.5. The zero-order chi connectivity index (χ0) is 35.9. The molecule has 1 aromatic heterocycles. The number of phenols is 1. The molecule has 0 radical (unpaired) electrons. The van der Waals surface area contributed by atoms with Crippen molar-refractivity contribution in [3.8, 4) is 34.5 Å². The summed E-state index contributed by atoms with van der Waals surface area (Å²) in [6.45, 7) is 1.89. The summed E-state index contributed by atoms with van der Waals surface area (Å²) in [5.41, 5.74) is 0.0798. The Bertz CT molecular complexity index is 2050. The van der Waals surface area contributed by atoms with Crippen molar-refractivity contribution in [1.29, 1.82) is 0 Å². The van der Waals surface area contributed by atoms with Crippen LogP contribution in [0.3, 0.4) is 0 Å². The Labute approximate surface area is 292 Å². The monoisotopic (exact) mass is 704 g/mol. The number of rotatable bonds is 11. The molecule has 4 N–H and O–H groups in total. The molecule has 2 aliphatic rings. The van der Waals surface area contributed by atoms with Crippen molar-refractivity contribution in [2.45, 2.75) is 37.7 Å². The molecule has 1 amide bonds. The number of hydrogen-bond acceptors (Lipinski definition) is 10. The van der Waals surface area contributed by atoms with Gasteiger partial charge in [-0.15, -0.1) is 0 Å². The van der Waals surface area contributed by atoms with Gasteiger partial charge in [-0.3, -0.25) is 14.4 Å². The molecule has 13 heteroatoms. The van der Waals surface area contributed by atoms with E-state index in [2.05, 4.69) is 10.3 Å². The zero-order valence-corrected chi connectivity index (χ0v) is 28.9. The highest BCUT2D eigenvalue weighted by Gasteiger charge is 2.61. The van der Waals surface area contributed by atoms with E-state index in [9.17, 15) is 24.6 Å². The first-order valence-corrected chi connectivity index (χ1v) is 16.3. The number of H-pyrrole nitrogens is 1. The van der Waals surface area contributed by atoms with E-state index >= 15 is 0 Å². The van der Waals surface area contributed by atoms with Crippen molar-refractivity contribution < 1.29 is 48.3 Å². The molecule has 3 atom stereocenters. The average Bonchev–Trinajstić information content (AvgIpc) is 3.66. The minimum atomic E-state index is -2.04. The van der Waals surface area contributed by atoms with Crippen LogP contribution in [-0.2, 0) is 16.0 Å². The lowest BCUT2D eigenvalue weighted by atomic mass is 9.69. The molecule has 1 aliphatic heterocycles. The molecule has 1 aliphatic carbocycles. The number of methoxy groups -OCH3 is 4. The molecule has 2 heterocycles. The number of aliphatic hydroxyl groups is 1. The van der Waals surface area contributed by atoms with Crippen LogP contribution in [0.4, 0.5) is 0 Å². The lowest BCUT2D eigenvalue weighted by Gasteiger charge is -2.38. The summed E-state index contributed by atoms with van der Waals surface area (Å²) in [6.07, 6.45) is 1.90. The van der Waals surface area contributed by atoms with Gasteiger partial charge in [0.2, 0.25) is 17.3 Å². The first kappa shape index (κ1) is 34.5. The number of aromatic hydroxyl groups is 1. The van der Waals surface area contributed by atoms with Gasteiger partial charge in [0.15, 0.2) is 28.8 Å². The number of aromatic nitrogens is 1. The van der Waals surface area contributed by atoms with Crippen LogP contribution in [0.25, 0.3) is 10.9 Å². The minimum absolute atomic E-state index is 0.000168. The summed E-state index contributed by atoms with van der Waals surface area (Å²) in [5, 5.41) is 26.4. The van der Waals surface area contributed by atoms with Crippen molar-refractivity contribution in [2.75, 3.05) is 35.0 Å². The van der Waals surface area contributed by atoms with E-state index in [0.717, 1.165) is 16.5 Å². The summed E-state index contributed by atoms with van der Waals surface area (Å²) < 4.78 is 27.8. The number of amides is 1. The predicted molar refractivity (Wildman–Crippen MR) is 184 cm³/mol. The number of allylic oxidation sites excluding steroid dienone is 1. The Morgan fingerprint density at radius 1 is 1.02 bits per heavy atom. The number of phenolic OH excluding ortho intramolecular Hbond substituents is 1. The summed E-state index contributed by atoms with van der Waals surface area (Å²) in [6, 6.07) is 11.5. The van der Waals surface area contributed by atoms with E-state index in [1.54, 1.807) is 14.0 Å². The quantitative estimate of drug-likeness (QED) is 0.149. The number of ether oxygens (including phenoxy) is 5. The fourth-order valence-electron chi connectivity index (χ4n) is 6.92. The van der Waals surface area contributed by atoms with Crippen LogP contribution in [0.1, 0.15) is 47.2 Å². The Morgan fingerprint density at radius 3 is 2.46 bits per heavy atom. The van der Waals surface area contributed by atoms with Crippen molar-refractivity contribution >= 4 is 40.0 Å². The fourth-order valence-corrected chi connectivity index (χ4v) is 7.19. The maximum absolute atomic E-state index is 14.3. The molecule has 3 aromatic carbocycles. The number of nitrogens with one attached hydrogen (secondary N) is 2. The molecule has 262 valence electrons. The van der Waals surface area contributed by atoms with Gasteiger partial charge in [0, 0.05) is 60.0 Å². The molecule has 6 rings (SSSR count). The van der Waals surface area contributed by atoms with Gasteiger partial charge in [0.1, 0.15) is 27.8 Å². The normalized spacial score (nSPS) is 19.0. The number of carbonyl (C=O) groups is 3. The number of fused-ring (bicyclic) bond motifs is 2. The molecule has 12 nitrogen and oxygen atoms in total. The van der Waals surface area contributed by atoms with Gasteiger partial charge in [-0.05, 0) is 47.9 Å². The number of aromatic amines is 1. The molecule has 0 saturated carbocycles. The minimum Gasteiger partial charge on any atom is -0.507 e. The third-order valence-corrected chi connectivity index (χ3v) is 9.90. The molecule has 0 fully saturated rings. The number of hydrogen-bond donors (Lipinski definition) is 4. The van der Waals surface area contributed by atoms with Crippen molar-refractivity contribution in [3.05, 3.63) is 81.7 Å². The van der Waals surface area contributed by atoms with Gasteiger partial charge < -0.3 is 44.2 Å². The second kappa shape index (κ2) is 13.5. The number of Topliss-reactive ketones (excluding diaryl/α,β-unsaturated/α-hetero) is 2. The SMILES string of the molecule is COc1ccc2[nH]cc(CCNC(=O)CC(C3=C(O)[C@@]4(Oc5c(Cl)c(OC)cc(OC)c5C4=O)[C@H](C)CC3=O)c3ccc(O)c(OC)c3)c2c1. The third kappa shape index (κ3) is 5.63. The molecule has 0 saturated heterocycles. The van der Waals surface area contributed by atoms with Gasteiger partial charge in [-0.1, -0.05) is 24.6 Å². The van der Waals surface area contributed by atoms with Gasteiger partial charge >= 0.3 is 0 Å². The number of ketones is 2. The zero-order valence-electron chi connectivity index (χ0n) is 28.1. The Balaban J connectivity index is 1.37. The number of aliphatic hydroxyl groups excluding tert-OH is 1. The van der Waals surface area contributed by atoms with Crippen LogP contribution in [0.2, 0.25) is 5.02 Å². The summed E-state index contributed by atoms with van der Waals surface area (Å²) in [4.78, 5) is 45.1. The largest absolute Gasteiger partial charge is 0.507 e. The van der Waals surface area contributed by atoms with Crippen LogP contribution >= 0.6 is 11.6 Å². The second-order valence-corrected chi connectivity index (χ2v) is 12.6. The molecular weight excluding hydrogens is 668 g/mol. The van der Waals surface area contributed by atoms with Crippen LogP contribution < -0.4 is 29.0 Å². The smallest absolute Gasteiger partial charge is 0.231 e. The molecule has 0 bridgehead atoms. The second-order valence-electron chi connectivity index (χ2n) is 12.3. The first-order valence-electron chi connectivity index (χ1n) is 15.9. The maximum Gasteiger partial charge on any atom is 0.231 e. The molecule has 4 aromatic rings. The fraction of sp³-hybridized carbons (Fsp3) is 0.324. The highest BCUT2D eigenvalue weighted by Crippen LogP contribution is 2.56. The van der Waals surface area contributed by atoms with Gasteiger partial charge in [-0.2, -0.15) is 0 Å². The van der Waals surface area contributed by atoms with E-state index in [1.807, 2.05) is 24.4 Å². The molecule has 50 heavy (non-hydrogen) atoms. The summed E-state index contributed by atoms with van der Waals surface area (Å²) in [7, 11) is 5.74. The van der Waals surface area contributed by atoms with Crippen LogP contribution in [0.15, 0.2) is 60.0 Å². The molecule has 1 unspecified atom stereocenters.